The standard InChI is InChI=1S/C12H19N3/c1-10-4-3-8-14-12(10)15(9-7-13)11-5-2-6-11/h3-4,8,11H,2,5-7,9,13H2,1H3. The van der Waals surface area contributed by atoms with Gasteiger partial charge in [0.2, 0.25) is 0 Å². The molecule has 2 N–H and O–H groups in total. The second-order valence-electron chi connectivity index (χ2n) is 4.21. The van der Waals surface area contributed by atoms with Crippen molar-refractivity contribution in [2.75, 3.05) is 18.0 Å². The molecule has 0 bridgehead atoms. The highest BCUT2D eigenvalue weighted by atomic mass is 15.2. The van der Waals surface area contributed by atoms with Crippen molar-refractivity contribution in [3.63, 3.8) is 0 Å². The van der Waals surface area contributed by atoms with Crippen LogP contribution in [0, 0.1) is 6.92 Å². The van der Waals surface area contributed by atoms with Crippen molar-refractivity contribution < 1.29 is 0 Å². The highest BCUT2D eigenvalue weighted by Crippen LogP contribution is 2.29. The molecule has 1 fully saturated rings. The zero-order valence-electron chi connectivity index (χ0n) is 9.32. The van der Waals surface area contributed by atoms with Gasteiger partial charge < -0.3 is 10.6 Å². The third kappa shape index (κ3) is 2.12. The molecule has 0 radical (unpaired) electrons. The monoisotopic (exact) mass is 205 g/mol. The Labute approximate surface area is 91.3 Å². The van der Waals surface area contributed by atoms with Gasteiger partial charge in [0.15, 0.2) is 0 Å². The summed E-state index contributed by atoms with van der Waals surface area (Å²) in [6.45, 7) is 3.74. The predicted molar refractivity (Wildman–Crippen MR) is 63.0 cm³/mol. The minimum atomic E-state index is 0.669. The van der Waals surface area contributed by atoms with E-state index in [1.165, 1.54) is 24.8 Å². The lowest BCUT2D eigenvalue weighted by Crippen LogP contribution is -2.43. The van der Waals surface area contributed by atoms with Crippen molar-refractivity contribution in [1.29, 1.82) is 0 Å². The first-order valence-electron chi connectivity index (χ1n) is 5.71. The average Bonchev–Trinajstić information content (AvgIpc) is 2.15. The van der Waals surface area contributed by atoms with Crippen molar-refractivity contribution in [2.24, 2.45) is 5.73 Å². The second kappa shape index (κ2) is 4.62. The van der Waals surface area contributed by atoms with E-state index in [0.29, 0.717) is 12.6 Å². The van der Waals surface area contributed by atoms with Gasteiger partial charge >= 0.3 is 0 Å². The number of aryl methyl sites for hydroxylation is 1. The van der Waals surface area contributed by atoms with Gasteiger partial charge in [-0.15, -0.1) is 0 Å². The Hall–Kier alpha value is -1.09. The summed E-state index contributed by atoms with van der Waals surface area (Å²) < 4.78 is 0. The fourth-order valence-electron chi connectivity index (χ4n) is 2.08. The zero-order chi connectivity index (χ0) is 10.7. The van der Waals surface area contributed by atoms with E-state index in [1.54, 1.807) is 0 Å². The number of hydrogen-bond donors (Lipinski definition) is 1. The summed E-state index contributed by atoms with van der Waals surface area (Å²) in [4.78, 5) is 6.84. The first kappa shape index (κ1) is 10.4. The Bertz CT molecular complexity index is 320. The second-order valence-corrected chi connectivity index (χ2v) is 4.21. The molecule has 0 saturated heterocycles. The third-order valence-corrected chi connectivity index (χ3v) is 3.14. The summed E-state index contributed by atoms with van der Waals surface area (Å²) in [5.74, 6) is 1.12. The number of nitrogens with two attached hydrogens (primary N) is 1. The molecule has 15 heavy (non-hydrogen) atoms. The number of rotatable bonds is 4. The summed E-state index contributed by atoms with van der Waals surface area (Å²) in [7, 11) is 0. The van der Waals surface area contributed by atoms with Crippen LogP contribution in [0.5, 0.6) is 0 Å². The maximum atomic E-state index is 5.66. The van der Waals surface area contributed by atoms with Gasteiger partial charge in [-0.3, -0.25) is 0 Å². The third-order valence-electron chi connectivity index (χ3n) is 3.14. The number of nitrogens with zero attached hydrogens (tertiary/aromatic N) is 2. The molecule has 1 saturated carbocycles. The smallest absolute Gasteiger partial charge is 0.131 e. The zero-order valence-corrected chi connectivity index (χ0v) is 9.32. The van der Waals surface area contributed by atoms with E-state index in [9.17, 15) is 0 Å². The van der Waals surface area contributed by atoms with E-state index in [-0.39, 0.29) is 0 Å². The van der Waals surface area contributed by atoms with E-state index in [2.05, 4.69) is 22.9 Å². The Morgan fingerprint density at radius 1 is 1.53 bits per heavy atom. The molecule has 0 aliphatic heterocycles. The molecule has 0 unspecified atom stereocenters. The fourth-order valence-corrected chi connectivity index (χ4v) is 2.08. The summed E-state index contributed by atoms with van der Waals surface area (Å²) in [6.07, 6.45) is 5.79. The first-order valence-corrected chi connectivity index (χ1v) is 5.71. The number of anilines is 1. The van der Waals surface area contributed by atoms with Crippen molar-refractivity contribution in [3.05, 3.63) is 23.9 Å². The molecule has 0 aromatic carbocycles. The maximum absolute atomic E-state index is 5.66. The highest BCUT2D eigenvalue weighted by Gasteiger charge is 2.25. The summed E-state index contributed by atoms with van der Waals surface area (Å²) in [5, 5.41) is 0. The van der Waals surface area contributed by atoms with E-state index >= 15 is 0 Å². The normalized spacial score (nSPS) is 16.1. The molecule has 3 nitrogen and oxygen atoms in total. The predicted octanol–water partition coefficient (Wildman–Crippen LogP) is 1.71. The van der Waals surface area contributed by atoms with Crippen LogP contribution in [0.4, 0.5) is 5.82 Å². The Balaban J connectivity index is 2.19. The molecule has 0 amide bonds. The van der Waals surface area contributed by atoms with Gasteiger partial charge in [-0.25, -0.2) is 4.98 Å². The van der Waals surface area contributed by atoms with Crippen LogP contribution in [0.1, 0.15) is 24.8 Å². The minimum Gasteiger partial charge on any atom is -0.352 e. The van der Waals surface area contributed by atoms with Gasteiger partial charge in [-0.1, -0.05) is 6.07 Å². The van der Waals surface area contributed by atoms with Crippen LogP contribution < -0.4 is 10.6 Å². The van der Waals surface area contributed by atoms with Gasteiger partial charge in [-0.05, 0) is 37.8 Å². The number of pyridine rings is 1. The fraction of sp³-hybridized carbons (Fsp3) is 0.583. The molecule has 2 rings (SSSR count). The first-order chi connectivity index (χ1) is 7.33. The highest BCUT2D eigenvalue weighted by molar-refractivity contribution is 5.47. The largest absolute Gasteiger partial charge is 0.352 e. The Kier molecular flexibility index (Phi) is 3.21. The Morgan fingerprint density at radius 2 is 2.33 bits per heavy atom. The molecule has 1 heterocycles. The van der Waals surface area contributed by atoms with E-state index in [1.807, 2.05) is 12.3 Å². The van der Waals surface area contributed by atoms with Crippen LogP contribution in [0.25, 0.3) is 0 Å². The van der Waals surface area contributed by atoms with Crippen LogP contribution in [0.15, 0.2) is 18.3 Å². The summed E-state index contributed by atoms with van der Waals surface area (Å²) >= 11 is 0. The van der Waals surface area contributed by atoms with E-state index < -0.39 is 0 Å². The van der Waals surface area contributed by atoms with E-state index in [0.717, 1.165) is 12.4 Å². The SMILES string of the molecule is Cc1cccnc1N(CCN)C1CCC1. The molecule has 1 aromatic heterocycles. The Morgan fingerprint density at radius 3 is 2.87 bits per heavy atom. The van der Waals surface area contributed by atoms with Crippen molar-refractivity contribution in [3.8, 4) is 0 Å². The molecule has 1 aliphatic rings. The van der Waals surface area contributed by atoms with Gasteiger partial charge in [0.05, 0.1) is 0 Å². The average molecular weight is 205 g/mol. The van der Waals surface area contributed by atoms with Crippen LogP contribution in [-0.2, 0) is 0 Å². The lowest BCUT2D eigenvalue weighted by atomic mass is 9.91. The molecule has 0 atom stereocenters. The van der Waals surface area contributed by atoms with Crippen molar-refractivity contribution in [2.45, 2.75) is 32.2 Å². The molecule has 1 aromatic rings. The van der Waals surface area contributed by atoms with Gasteiger partial charge in [-0.2, -0.15) is 0 Å². The molecule has 1 aliphatic carbocycles. The van der Waals surface area contributed by atoms with Crippen molar-refractivity contribution >= 4 is 5.82 Å². The quantitative estimate of drug-likeness (QED) is 0.813. The number of hydrogen-bond acceptors (Lipinski definition) is 3. The lowest BCUT2D eigenvalue weighted by Gasteiger charge is -2.38. The molecule has 82 valence electrons. The topological polar surface area (TPSA) is 42.2 Å². The maximum Gasteiger partial charge on any atom is 0.131 e. The van der Waals surface area contributed by atoms with Gasteiger partial charge in [0.25, 0.3) is 0 Å². The molecular weight excluding hydrogens is 186 g/mol. The lowest BCUT2D eigenvalue weighted by molar-refractivity contribution is 0.385. The van der Waals surface area contributed by atoms with Gasteiger partial charge in [0.1, 0.15) is 5.82 Å². The molecule has 0 spiro atoms. The van der Waals surface area contributed by atoms with E-state index in [4.69, 9.17) is 5.73 Å². The van der Waals surface area contributed by atoms with Crippen LogP contribution in [0.2, 0.25) is 0 Å². The number of aromatic nitrogens is 1. The van der Waals surface area contributed by atoms with Crippen LogP contribution >= 0.6 is 0 Å². The van der Waals surface area contributed by atoms with Crippen LogP contribution in [-0.4, -0.2) is 24.1 Å². The van der Waals surface area contributed by atoms with Crippen LogP contribution in [0.3, 0.4) is 0 Å². The minimum absolute atomic E-state index is 0.669. The molecule has 3 heteroatoms. The summed E-state index contributed by atoms with van der Waals surface area (Å²) in [6, 6.07) is 4.77. The van der Waals surface area contributed by atoms with Gasteiger partial charge in [0, 0.05) is 25.3 Å². The van der Waals surface area contributed by atoms with Crippen molar-refractivity contribution in [1.82, 2.24) is 4.98 Å². The summed E-state index contributed by atoms with van der Waals surface area (Å²) in [5.41, 5.74) is 6.91. The molecular formula is C12H19N3.